The summed E-state index contributed by atoms with van der Waals surface area (Å²) < 4.78 is 10.6. The van der Waals surface area contributed by atoms with Crippen LogP contribution in [0.2, 0.25) is 0 Å². The lowest BCUT2D eigenvalue weighted by Gasteiger charge is -2.10. The summed E-state index contributed by atoms with van der Waals surface area (Å²) in [6.07, 6.45) is -0.161. The maximum atomic E-state index is 11.6. The van der Waals surface area contributed by atoms with Crippen LogP contribution in [0.1, 0.15) is 24.2 Å². The highest BCUT2D eigenvalue weighted by Crippen LogP contribution is 2.20. The van der Waals surface area contributed by atoms with Gasteiger partial charge in [0, 0.05) is 0 Å². The first-order chi connectivity index (χ1) is 7.04. The molecule has 0 aliphatic rings. The number of methoxy groups -OCH3 is 1. The van der Waals surface area contributed by atoms with Gasteiger partial charge < -0.3 is 9.47 Å². The smallest absolute Gasteiger partial charge is 0.343 e. The van der Waals surface area contributed by atoms with E-state index in [-0.39, 0.29) is 12.0 Å². The topological polar surface area (TPSA) is 48.4 Å². The van der Waals surface area contributed by atoms with Crippen molar-refractivity contribution >= 4 is 21.9 Å². The van der Waals surface area contributed by atoms with Crippen LogP contribution in [0.4, 0.5) is 0 Å². The fourth-order valence-corrected chi connectivity index (χ4v) is 1.30. The van der Waals surface area contributed by atoms with Crippen LogP contribution in [-0.2, 0) is 4.74 Å². The predicted molar refractivity (Wildman–Crippen MR) is 59.0 cm³/mol. The van der Waals surface area contributed by atoms with Gasteiger partial charge in [0.15, 0.2) is 0 Å². The lowest BCUT2D eigenvalue weighted by Crippen LogP contribution is -2.13. The normalized spacial score (nSPS) is 10.2. The Labute approximate surface area is 96.7 Å². The number of nitrogens with zero attached hydrogens (tertiary/aromatic N) is 1. The number of aromatic nitrogens is 1. The minimum atomic E-state index is -0.429. The molecule has 0 unspecified atom stereocenters. The molecule has 0 radical (unpaired) electrons. The second-order valence-electron chi connectivity index (χ2n) is 3.14. The van der Waals surface area contributed by atoms with Crippen molar-refractivity contribution in [2.75, 3.05) is 7.11 Å². The first kappa shape index (κ1) is 12.0. The highest BCUT2D eigenvalue weighted by Gasteiger charge is 2.16. The van der Waals surface area contributed by atoms with Gasteiger partial charge in [0.2, 0.25) is 5.88 Å². The molecule has 0 saturated carbocycles. The van der Waals surface area contributed by atoms with E-state index in [1.54, 1.807) is 26.0 Å². The molecule has 0 amide bonds. The van der Waals surface area contributed by atoms with E-state index < -0.39 is 5.97 Å². The molecule has 1 aromatic heterocycles. The third kappa shape index (κ3) is 3.20. The average Bonchev–Trinajstić information content (AvgIpc) is 2.16. The maximum Gasteiger partial charge on any atom is 0.343 e. The summed E-state index contributed by atoms with van der Waals surface area (Å²) in [4.78, 5) is 15.6. The highest BCUT2D eigenvalue weighted by atomic mass is 79.9. The molecule has 0 fully saturated rings. The quantitative estimate of drug-likeness (QED) is 0.627. The Bertz CT molecular complexity index is 366. The second kappa shape index (κ2) is 5.11. The van der Waals surface area contributed by atoms with Gasteiger partial charge >= 0.3 is 5.97 Å². The molecule has 5 heteroatoms. The van der Waals surface area contributed by atoms with E-state index in [2.05, 4.69) is 20.9 Å². The molecule has 0 aliphatic heterocycles. The Morgan fingerprint density at radius 1 is 1.47 bits per heavy atom. The van der Waals surface area contributed by atoms with Gasteiger partial charge in [-0.25, -0.2) is 9.78 Å². The van der Waals surface area contributed by atoms with Gasteiger partial charge in [0.05, 0.1) is 13.2 Å². The molecule has 0 bridgehead atoms. The van der Waals surface area contributed by atoms with Crippen LogP contribution < -0.4 is 4.74 Å². The summed E-state index contributed by atoms with van der Waals surface area (Å²) in [7, 11) is 1.46. The molecule has 0 atom stereocenters. The Balaban J connectivity index is 2.97. The fraction of sp³-hybridized carbons (Fsp3) is 0.400. The molecular formula is C10H12BrNO3. The van der Waals surface area contributed by atoms with E-state index in [1.807, 2.05) is 0 Å². The highest BCUT2D eigenvalue weighted by molar-refractivity contribution is 9.10. The van der Waals surface area contributed by atoms with Crippen LogP contribution in [0.15, 0.2) is 16.7 Å². The number of halogens is 1. The van der Waals surface area contributed by atoms with E-state index in [1.165, 1.54) is 7.11 Å². The molecule has 0 spiro atoms. The summed E-state index contributed by atoms with van der Waals surface area (Å²) in [5.74, 6) is -0.170. The SMILES string of the molecule is COc1nc(Br)ccc1C(=O)OC(C)C. The number of rotatable bonds is 3. The molecule has 82 valence electrons. The zero-order valence-corrected chi connectivity index (χ0v) is 10.4. The van der Waals surface area contributed by atoms with Crippen molar-refractivity contribution in [3.05, 3.63) is 22.3 Å². The molecule has 0 N–H and O–H groups in total. The number of ether oxygens (including phenoxy) is 2. The van der Waals surface area contributed by atoms with Crippen LogP contribution in [-0.4, -0.2) is 24.2 Å². The molecule has 1 aromatic rings. The lowest BCUT2D eigenvalue weighted by molar-refractivity contribution is 0.0373. The van der Waals surface area contributed by atoms with Crippen molar-refractivity contribution in [2.24, 2.45) is 0 Å². The van der Waals surface area contributed by atoms with Crippen molar-refractivity contribution in [1.29, 1.82) is 0 Å². The van der Waals surface area contributed by atoms with Gasteiger partial charge in [0.1, 0.15) is 10.2 Å². The zero-order chi connectivity index (χ0) is 11.4. The summed E-state index contributed by atoms with van der Waals surface area (Å²) in [6, 6.07) is 3.28. The van der Waals surface area contributed by atoms with Crippen molar-refractivity contribution in [3.63, 3.8) is 0 Å². The molecule has 1 heterocycles. The van der Waals surface area contributed by atoms with Gasteiger partial charge in [0.25, 0.3) is 0 Å². The first-order valence-corrected chi connectivity index (χ1v) is 5.25. The molecule has 15 heavy (non-hydrogen) atoms. The van der Waals surface area contributed by atoms with Gasteiger partial charge in [-0.05, 0) is 41.9 Å². The Hall–Kier alpha value is -1.10. The average molecular weight is 274 g/mol. The molecule has 4 nitrogen and oxygen atoms in total. The molecule has 1 rings (SSSR count). The van der Waals surface area contributed by atoms with Crippen LogP contribution in [0.25, 0.3) is 0 Å². The van der Waals surface area contributed by atoms with Gasteiger partial charge in [-0.3, -0.25) is 0 Å². The van der Waals surface area contributed by atoms with E-state index in [9.17, 15) is 4.79 Å². The zero-order valence-electron chi connectivity index (χ0n) is 8.78. The summed E-state index contributed by atoms with van der Waals surface area (Å²) in [5.41, 5.74) is 0.328. The Morgan fingerprint density at radius 2 is 2.13 bits per heavy atom. The minimum absolute atomic E-state index is 0.161. The van der Waals surface area contributed by atoms with E-state index in [0.29, 0.717) is 10.2 Å². The predicted octanol–water partition coefficient (Wildman–Crippen LogP) is 2.42. The van der Waals surface area contributed by atoms with Crippen molar-refractivity contribution in [3.8, 4) is 5.88 Å². The molecule has 0 aliphatic carbocycles. The minimum Gasteiger partial charge on any atom is -0.480 e. The van der Waals surface area contributed by atoms with Crippen LogP contribution in [0, 0.1) is 0 Å². The number of pyridine rings is 1. The Morgan fingerprint density at radius 3 is 2.67 bits per heavy atom. The second-order valence-corrected chi connectivity index (χ2v) is 3.96. The monoisotopic (exact) mass is 273 g/mol. The summed E-state index contributed by atoms with van der Waals surface area (Å²) in [5, 5.41) is 0. The van der Waals surface area contributed by atoms with E-state index in [4.69, 9.17) is 9.47 Å². The maximum absolute atomic E-state index is 11.6. The number of carbonyl (C=O) groups excluding carboxylic acids is 1. The van der Waals surface area contributed by atoms with Crippen molar-refractivity contribution in [1.82, 2.24) is 4.98 Å². The van der Waals surface area contributed by atoms with Crippen molar-refractivity contribution < 1.29 is 14.3 Å². The summed E-state index contributed by atoms with van der Waals surface area (Å²) >= 11 is 3.19. The Kier molecular flexibility index (Phi) is 4.08. The number of carbonyl (C=O) groups is 1. The van der Waals surface area contributed by atoms with Gasteiger partial charge in [-0.2, -0.15) is 0 Å². The van der Waals surface area contributed by atoms with Crippen LogP contribution in [0.5, 0.6) is 5.88 Å². The summed E-state index contributed by atoms with van der Waals surface area (Å²) in [6.45, 7) is 3.58. The number of hydrogen-bond acceptors (Lipinski definition) is 4. The van der Waals surface area contributed by atoms with E-state index in [0.717, 1.165) is 0 Å². The first-order valence-electron chi connectivity index (χ1n) is 4.46. The van der Waals surface area contributed by atoms with E-state index >= 15 is 0 Å². The number of esters is 1. The van der Waals surface area contributed by atoms with Crippen LogP contribution >= 0.6 is 15.9 Å². The molecule has 0 aromatic carbocycles. The lowest BCUT2D eigenvalue weighted by atomic mass is 10.3. The van der Waals surface area contributed by atoms with Crippen LogP contribution in [0.3, 0.4) is 0 Å². The van der Waals surface area contributed by atoms with Gasteiger partial charge in [-0.1, -0.05) is 0 Å². The number of hydrogen-bond donors (Lipinski definition) is 0. The molecule has 0 saturated heterocycles. The molecular weight excluding hydrogens is 262 g/mol. The standard InChI is InChI=1S/C10H12BrNO3/c1-6(2)15-10(13)7-4-5-8(11)12-9(7)14-3/h4-6H,1-3H3. The third-order valence-corrected chi connectivity index (χ3v) is 2.02. The third-order valence-electron chi connectivity index (χ3n) is 1.58. The van der Waals surface area contributed by atoms with Gasteiger partial charge in [-0.15, -0.1) is 0 Å². The fourth-order valence-electron chi connectivity index (χ4n) is 1.01. The largest absolute Gasteiger partial charge is 0.480 e. The van der Waals surface area contributed by atoms with Crippen molar-refractivity contribution in [2.45, 2.75) is 20.0 Å².